The molecular formula is C16H26O2. The highest BCUT2D eigenvalue weighted by Crippen LogP contribution is 2.21. The van der Waals surface area contributed by atoms with E-state index < -0.39 is 0 Å². The summed E-state index contributed by atoms with van der Waals surface area (Å²) in [4.78, 5) is 0. The molecule has 0 aliphatic rings. The van der Waals surface area contributed by atoms with Crippen LogP contribution in [-0.4, -0.2) is 20.8 Å². The van der Waals surface area contributed by atoms with Crippen molar-refractivity contribution in [1.29, 1.82) is 0 Å². The maximum atomic E-state index is 5.31. The Hall–Kier alpha value is -1.28. The minimum absolute atomic E-state index is 0.412. The van der Waals surface area contributed by atoms with Gasteiger partial charge in [0.05, 0.1) is 13.7 Å². The summed E-state index contributed by atoms with van der Waals surface area (Å²) in [5, 5.41) is 0. The molecule has 1 aromatic rings. The molecule has 1 unspecified atom stereocenters. The first-order chi connectivity index (χ1) is 8.67. The van der Waals surface area contributed by atoms with Crippen molar-refractivity contribution in [2.75, 3.05) is 20.8 Å². The monoisotopic (exact) mass is 250 g/mol. The fourth-order valence-corrected chi connectivity index (χ4v) is 1.57. The summed E-state index contributed by atoms with van der Waals surface area (Å²) in [5.74, 6) is 1.32. The van der Waals surface area contributed by atoms with E-state index in [4.69, 9.17) is 9.47 Å². The van der Waals surface area contributed by atoms with E-state index in [1.165, 1.54) is 5.56 Å². The standard InChI is InChI=1S/C14H20O2.C2H6/c1-11-6-8-14(16-4)13(9-11)7-5-12(2)10-15-3;1-2/h5-9,12H,10H2,1-4H3;1-2H3/b7-5+;. The smallest absolute Gasteiger partial charge is 0.126 e. The third kappa shape index (κ3) is 5.87. The Labute approximate surface area is 112 Å². The molecule has 0 saturated heterocycles. The molecule has 0 spiro atoms. The summed E-state index contributed by atoms with van der Waals surface area (Å²) in [7, 11) is 3.41. The van der Waals surface area contributed by atoms with Gasteiger partial charge in [0.1, 0.15) is 5.75 Å². The molecule has 0 fully saturated rings. The van der Waals surface area contributed by atoms with E-state index in [1.54, 1.807) is 14.2 Å². The number of methoxy groups -OCH3 is 2. The highest BCUT2D eigenvalue weighted by Gasteiger charge is 2.00. The van der Waals surface area contributed by atoms with Gasteiger partial charge < -0.3 is 9.47 Å². The molecule has 1 aromatic carbocycles. The maximum Gasteiger partial charge on any atom is 0.126 e. The van der Waals surface area contributed by atoms with Crippen molar-refractivity contribution in [3.63, 3.8) is 0 Å². The van der Waals surface area contributed by atoms with Crippen LogP contribution in [0.25, 0.3) is 6.08 Å². The summed E-state index contributed by atoms with van der Waals surface area (Å²) < 4.78 is 10.4. The number of hydrogen-bond acceptors (Lipinski definition) is 2. The first-order valence-electron chi connectivity index (χ1n) is 6.49. The van der Waals surface area contributed by atoms with Crippen molar-refractivity contribution in [2.24, 2.45) is 5.92 Å². The fraction of sp³-hybridized carbons (Fsp3) is 0.500. The zero-order chi connectivity index (χ0) is 14.0. The van der Waals surface area contributed by atoms with Crippen LogP contribution in [0.1, 0.15) is 31.9 Å². The normalized spacial score (nSPS) is 11.9. The zero-order valence-corrected chi connectivity index (χ0v) is 12.5. The molecule has 1 rings (SSSR count). The van der Waals surface area contributed by atoms with Gasteiger partial charge in [-0.1, -0.05) is 44.6 Å². The number of benzene rings is 1. The van der Waals surface area contributed by atoms with Gasteiger partial charge in [0.25, 0.3) is 0 Å². The number of rotatable bonds is 5. The Kier molecular flexibility index (Phi) is 9.03. The Morgan fingerprint density at radius 1 is 1.22 bits per heavy atom. The molecule has 0 amide bonds. The van der Waals surface area contributed by atoms with Gasteiger partial charge in [0.15, 0.2) is 0 Å². The van der Waals surface area contributed by atoms with E-state index in [0.717, 1.165) is 17.9 Å². The van der Waals surface area contributed by atoms with Crippen molar-refractivity contribution in [3.8, 4) is 5.75 Å². The molecule has 0 saturated carbocycles. The maximum absolute atomic E-state index is 5.31. The van der Waals surface area contributed by atoms with Crippen LogP contribution in [0.3, 0.4) is 0 Å². The van der Waals surface area contributed by atoms with E-state index in [2.05, 4.69) is 38.1 Å². The molecule has 0 aliphatic carbocycles. The molecule has 102 valence electrons. The molecule has 2 heteroatoms. The number of aryl methyl sites for hydroxylation is 1. The topological polar surface area (TPSA) is 18.5 Å². The highest BCUT2D eigenvalue weighted by atomic mass is 16.5. The van der Waals surface area contributed by atoms with Crippen molar-refractivity contribution in [2.45, 2.75) is 27.7 Å². The first-order valence-corrected chi connectivity index (χ1v) is 6.49. The molecule has 2 nitrogen and oxygen atoms in total. The van der Waals surface area contributed by atoms with E-state index in [1.807, 2.05) is 19.9 Å². The first kappa shape index (κ1) is 16.7. The summed E-state index contributed by atoms with van der Waals surface area (Å²) in [6.07, 6.45) is 4.23. The van der Waals surface area contributed by atoms with Crippen molar-refractivity contribution >= 4 is 6.08 Å². The second-order valence-corrected chi connectivity index (χ2v) is 4.04. The van der Waals surface area contributed by atoms with Gasteiger partial charge in [-0.3, -0.25) is 0 Å². The average Bonchev–Trinajstić information content (AvgIpc) is 2.39. The van der Waals surface area contributed by atoms with Gasteiger partial charge in [0, 0.05) is 12.7 Å². The minimum Gasteiger partial charge on any atom is -0.496 e. The lowest BCUT2D eigenvalue weighted by atomic mass is 10.1. The van der Waals surface area contributed by atoms with E-state index in [9.17, 15) is 0 Å². The zero-order valence-electron chi connectivity index (χ0n) is 12.5. The Balaban J connectivity index is 0.00000137. The molecular weight excluding hydrogens is 224 g/mol. The SMILES string of the molecule is CC.COCC(C)/C=C/c1cc(C)ccc1OC. The quantitative estimate of drug-likeness (QED) is 0.774. The van der Waals surface area contributed by atoms with Crippen molar-refractivity contribution < 1.29 is 9.47 Å². The molecule has 0 N–H and O–H groups in total. The Morgan fingerprint density at radius 3 is 2.44 bits per heavy atom. The molecule has 18 heavy (non-hydrogen) atoms. The van der Waals surface area contributed by atoms with E-state index in [-0.39, 0.29) is 0 Å². The Bertz CT molecular complexity index is 356. The van der Waals surface area contributed by atoms with Gasteiger partial charge in [-0.25, -0.2) is 0 Å². The molecule has 0 bridgehead atoms. The van der Waals surface area contributed by atoms with Gasteiger partial charge in [-0.05, 0) is 25.0 Å². The molecule has 0 heterocycles. The van der Waals surface area contributed by atoms with Gasteiger partial charge in [-0.15, -0.1) is 0 Å². The third-order valence-electron chi connectivity index (χ3n) is 2.42. The van der Waals surface area contributed by atoms with Crippen LogP contribution in [0.4, 0.5) is 0 Å². The van der Waals surface area contributed by atoms with Crippen molar-refractivity contribution in [3.05, 3.63) is 35.4 Å². The second-order valence-electron chi connectivity index (χ2n) is 4.04. The van der Waals surface area contributed by atoms with Gasteiger partial charge >= 0.3 is 0 Å². The number of ether oxygens (including phenoxy) is 2. The number of hydrogen-bond donors (Lipinski definition) is 0. The van der Waals surface area contributed by atoms with Crippen LogP contribution in [-0.2, 0) is 4.74 Å². The summed E-state index contributed by atoms with van der Waals surface area (Å²) in [6, 6.07) is 6.17. The molecule has 0 radical (unpaired) electrons. The fourth-order valence-electron chi connectivity index (χ4n) is 1.57. The van der Waals surface area contributed by atoms with Crippen LogP contribution in [0.5, 0.6) is 5.75 Å². The van der Waals surface area contributed by atoms with E-state index >= 15 is 0 Å². The summed E-state index contributed by atoms with van der Waals surface area (Å²) in [6.45, 7) is 8.95. The van der Waals surface area contributed by atoms with E-state index in [0.29, 0.717) is 5.92 Å². The predicted molar refractivity (Wildman–Crippen MR) is 79.2 cm³/mol. The minimum atomic E-state index is 0.412. The third-order valence-corrected chi connectivity index (χ3v) is 2.42. The Morgan fingerprint density at radius 2 is 1.89 bits per heavy atom. The van der Waals surface area contributed by atoms with Gasteiger partial charge in [0.2, 0.25) is 0 Å². The van der Waals surface area contributed by atoms with Gasteiger partial charge in [-0.2, -0.15) is 0 Å². The lowest BCUT2D eigenvalue weighted by Crippen LogP contribution is -1.99. The van der Waals surface area contributed by atoms with Crippen LogP contribution in [0.2, 0.25) is 0 Å². The molecule has 0 aliphatic heterocycles. The summed E-state index contributed by atoms with van der Waals surface area (Å²) >= 11 is 0. The van der Waals surface area contributed by atoms with Crippen LogP contribution in [0, 0.1) is 12.8 Å². The predicted octanol–water partition coefficient (Wildman–Crippen LogP) is 4.33. The highest BCUT2D eigenvalue weighted by molar-refractivity contribution is 5.58. The van der Waals surface area contributed by atoms with Crippen LogP contribution < -0.4 is 4.74 Å². The lowest BCUT2D eigenvalue weighted by molar-refractivity contribution is 0.176. The molecule has 1 atom stereocenters. The molecule has 0 aromatic heterocycles. The summed E-state index contributed by atoms with van der Waals surface area (Å²) in [5.41, 5.74) is 2.35. The largest absolute Gasteiger partial charge is 0.496 e. The lowest BCUT2D eigenvalue weighted by Gasteiger charge is -2.07. The second kappa shape index (κ2) is 9.72. The van der Waals surface area contributed by atoms with Crippen LogP contribution >= 0.6 is 0 Å². The van der Waals surface area contributed by atoms with Crippen molar-refractivity contribution in [1.82, 2.24) is 0 Å². The average molecular weight is 250 g/mol. The van der Waals surface area contributed by atoms with Crippen LogP contribution in [0.15, 0.2) is 24.3 Å².